The summed E-state index contributed by atoms with van der Waals surface area (Å²) in [5.74, 6) is 0.0574. The highest BCUT2D eigenvalue weighted by Crippen LogP contribution is 2.33. The smallest absolute Gasteiger partial charge is 0.321 e. The lowest BCUT2D eigenvalue weighted by Crippen LogP contribution is -2.42. The van der Waals surface area contributed by atoms with E-state index in [0.717, 1.165) is 61.4 Å². The molecule has 3 N–H and O–H groups in total. The van der Waals surface area contributed by atoms with Crippen LogP contribution >= 0.6 is 11.3 Å². The van der Waals surface area contributed by atoms with Crippen molar-refractivity contribution in [1.29, 1.82) is 0 Å². The molecule has 1 aromatic carbocycles. The number of hydrogen-bond acceptors (Lipinski definition) is 5. The van der Waals surface area contributed by atoms with E-state index in [-0.39, 0.29) is 17.4 Å². The summed E-state index contributed by atoms with van der Waals surface area (Å²) in [7, 11) is 0. The van der Waals surface area contributed by atoms with E-state index in [2.05, 4.69) is 33.9 Å². The van der Waals surface area contributed by atoms with Crippen LogP contribution < -0.4 is 16.0 Å². The number of aromatic nitrogens is 1. The SMILES string of the molecule is CCC1(CNC(=O)Nc2nc(-c3ccc4c(c3)CCC(=O)N4)cs2)CCOCC1. The van der Waals surface area contributed by atoms with Crippen LogP contribution in [0.3, 0.4) is 0 Å². The molecule has 29 heavy (non-hydrogen) atoms. The Morgan fingerprint density at radius 2 is 2.14 bits per heavy atom. The van der Waals surface area contributed by atoms with Crippen LogP contribution in [0.4, 0.5) is 15.6 Å². The number of anilines is 2. The summed E-state index contributed by atoms with van der Waals surface area (Å²) in [6.07, 6.45) is 4.22. The van der Waals surface area contributed by atoms with Gasteiger partial charge in [-0.2, -0.15) is 0 Å². The normalized spacial score (nSPS) is 17.9. The quantitative estimate of drug-likeness (QED) is 0.689. The van der Waals surface area contributed by atoms with Crippen molar-refractivity contribution in [1.82, 2.24) is 10.3 Å². The fourth-order valence-corrected chi connectivity index (χ4v) is 4.59. The molecule has 8 heteroatoms. The Morgan fingerprint density at radius 1 is 1.31 bits per heavy atom. The molecule has 3 amide bonds. The van der Waals surface area contributed by atoms with Crippen LogP contribution in [0.25, 0.3) is 11.3 Å². The number of nitrogens with zero attached hydrogens (tertiary/aromatic N) is 1. The van der Waals surface area contributed by atoms with Gasteiger partial charge in [-0.05, 0) is 48.8 Å². The lowest BCUT2D eigenvalue weighted by molar-refractivity contribution is -0.116. The van der Waals surface area contributed by atoms with E-state index < -0.39 is 0 Å². The van der Waals surface area contributed by atoms with Crippen LogP contribution in [-0.4, -0.2) is 36.7 Å². The summed E-state index contributed by atoms with van der Waals surface area (Å²) >= 11 is 1.40. The Hall–Kier alpha value is -2.45. The van der Waals surface area contributed by atoms with Gasteiger partial charge in [-0.1, -0.05) is 13.0 Å². The number of thiazole rings is 1. The van der Waals surface area contributed by atoms with Gasteiger partial charge in [0.2, 0.25) is 5.91 Å². The van der Waals surface area contributed by atoms with E-state index in [1.807, 2.05) is 17.5 Å². The first kappa shape index (κ1) is 19.8. The van der Waals surface area contributed by atoms with Gasteiger partial charge in [-0.25, -0.2) is 9.78 Å². The molecule has 0 saturated carbocycles. The molecule has 0 bridgehead atoms. The number of nitrogens with one attached hydrogen (secondary N) is 3. The summed E-state index contributed by atoms with van der Waals surface area (Å²) < 4.78 is 5.46. The Balaban J connectivity index is 1.37. The second kappa shape index (κ2) is 8.51. The molecular weight excluding hydrogens is 388 g/mol. The minimum atomic E-state index is -0.224. The molecule has 2 aliphatic heterocycles. The van der Waals surface area contributed by atoms with E-state index in [4.69, 9.17) is 4.74 Å². The molecule has 0 unspecified atom stereocenters. The second-order valence-corrected chi connectivity index (χ2v) is 8.59. The highest BCUT2D eigenvalue weighted by Gasteiger charge is 2.31. The number of hydrogen-bond donors (Lipinski definition) is 3. The van der Waals surface area contributed by atoms with Gasteiger partial charge in [-0.15, -0.1) is 11.3 Å². The van der Waals surface area contributed by atoms with Crippen molar-refractivity contribution in [3.8, 4) is 11.3 Å². The van der Waals surface area contributed by atoms with Crippen LogP contribution in [0.1, 0.15) is 38.2 Å². The average Bonchev–Trinajstić information content (AvgIpc) is 3.21. The number of ether oxygens (including phenoxy) is 1. The van der Waals surface area contributed by atoms with Gasteiger partial charge < -0.3 is 15.4 Å². The molecule has 2 aromatic rings. The van der Waals surface area contributed by atoms with Crippen molar-refractivity contribution < 1.29 is 14.3 Å². The van der Waals surface area contributed by atoms with E-state index >= 15 is 0 Å². The highest BCUT2D eigenvalue weighted by atomic mass is 32.1. The molecule has 0 spiro atoms. The van der Waals surface area contributed by atoms with Crippen LogP contribution in [0.5, 0.6) is 0 Å². The summed E-state index contributed by atoms with van der Waals surface area (Å²) in [6, 6.07) is 5.70. The van der Waals surface area contributed by atoms with Crippen LogP contribution in [0.2, 0.25) is 0 Å². The first-order valence-electron chi connectivity index (χ1n) is 10.1. The third-order valence-corrected chi connectivity index (χ3v) is 6.71. The maximum Gasteiger partial charge on any atom is 0.321 e. The second-order valence-electron chi connectivity index (χ2n) is 7.73. The highest BCUT2D eigenvalue weighted by molar-refractivity contribution is 7.14. The largest absolute Gasteiger partial charge is 0.381 e. The van der Waals surface area contributed by atoms with Gasteiger partial charge in [0.05, 0.1) is 5.69 Å². The topological polar surface area (TPSA) is 92.4 Å². The maximum absolute atomic E-state index is 12.4. The van der Waals surface area contributed by atoms with Crippen molar-refractivity contribution in [2.75, 3.05) is 30.4 Å². The van der Waals surface area contributed by atoms with Gasteiger partial charge in [0.25, 0.3) is 0 Å². The molecule has 0 radical (unpaired) electrons. The molecular formula is C21H26N4O3S. The molecule has 1 saturated heterocycles. The predicted octanol–water partition coefficient (Wildman–Crippen LogP) is 4.02. The molecule has 2 aliphatic rings. The first-order valence-corrected chi connectivity index (χ1v) is 11.0. The Labute approximate surface area is 174 Å². The molecule has 1 fully saturated rings. The predicted molar refractivity (Wildman–Crippen MR) is 114 cm³/mol. The third kappa shape index (κ3) is 4.59. The summed E-state index contributed by atoms with van der Waals surface area (Å²) in [5, 5.41) is 11.3. The monoisotopic (exact) mass is 414 g/mol. The van der Waals surface area contributed by atoms with Crippen molar-refractivity contribution in [3.05, 3.63) is 29.1 Å². The van der Waals surface area contributed by atoms with Crippen LogP contribution in [0.15, 0.2) is 23.6 Å². The van der Waals surface area contributed by atoms with Crippen molar-refractivity contribution >= 4 is 34.1 Å². The Kier molecular flexibility index (Phi) is 5.82. The molecule has 4 rings (SSSR count). The number of fused-ring (bicyclic) bond motifs is 1. The summed E-state index contributed by atoms with van der Waals surface area (Å²) in [6.45, 7) is 4.34. The molecule has 154 valence electrons. The molecule has 0 aliphatic carbocycles. The minimum Gasteiger partial charge on any atom is -0.381 e. The first-order chi connectivity index (χ1) is 14.1. The molecule has 7 nitrogen and oxygen atoms in total. The number of carbonyl (C=O) groups is 2. The maximum atomic E-state index is 12.4. The zero-order valence-corrected chi connectivity index (χ0v) is 17.4. The Bertz CT molecular complexity index is 905. The number of rotatable bonds is 5. The zero-order chi connectivity index (χ0) is 20.3. The van der Waals surface area contributed by atoms with Crippen molar-refractivity contribution in [2.24, 2.45) is 5.41 Å². The van der Waals surface area contributed by atoms with Crippen LogP contribution in [0, 0.1) is 5.41 Å². The number of amides is 3. The third-order valence-electron chi connectivity index (χ3n) is 5.95. The van der Waals surface area contributed by atoms with Gasteiger partial charge >= 0.3 is 6.03 Å². The van der Waals surface area contributed by atoms with E-state index in [0.29, 0.717) is 18.1 Å². The molecule has 3 heterocycles. The van der Waals surface area contributed by atoms with Crippen molar-refractivity contribution in [2.45, 2.75) is 39.0 Å². The fraction of sp³-hybridized carbons (Fsp3) is 0.476. The number of aryl methyl sites for hydroxylation is 1. The van der Waals surface area contributed by atoms with Gasteiger partial charge in [0.15, 0.2) is 5.13 Å². The van der Waals surface area contributed by atoms with Gasteiger partial charge in [0, 0.05) is 42.8 Å². The minimum absolute atomic E-state index is 0.0574. The molecule has 1 aromatic heterocycles. The van der Waals surface area contributed by atoms with Gasteiger partial charge in [0.1, 0.15) is 0 Å². The summed E-state index contributed by atoms with van der Waals surface area (Å²) in [5.41, 5.74) is 3.91. The van der Waals surface area contributed by atoms with E-state index in [9.17, 15) is 9.59 Å². The van der Waals surface area contributed by atoms with E-state index in [1.165, 1.54) is 11.3 Å². The average molecular weight is 415 g/mol. The number of carbonyl (C=O) groups excluding carboxylic acids is 2. The van der Waals surface area contributed by atoms with Crippen LogP contribution in [-0.2, 0) is 16.0 Å². The lowest BCUT2D eigenvalue weighted by atomic mass is 9.78. The Morgan fingerprint density at radius 3 is 2.93 bits per heavy atom. The summed E-state index contributed by atoms with van der Waals surface area (Å²) in [4.78, 5) is 28.4. The van der Waals surface area contributed by atoms with E-state index in [1.54, 1.807) is 0 Å². The molecule has 0 atom stereocenters. The zero-order valence-electron chi connectivity index (χ0n) is 16.5. The van der Waals surface area contributed by atoms with Gasteiger partial charge in [-0.3, -0.25) is 10.1 Å². The number of benzene rings is 1. The fourth-order valence-electron chi connectivity index (χ4n) is 3.88. The van der Waals surface area contributed by atoms with Crippen molar-refractivity contribution in [3.63, 3.8) is 0 Å². The standard InChI is InChI=1S/C21H26N4O3S/c1-2-21(7-9-28-10-8-21)13-22-19(27)25-20-24-17(12-29-20)15-3-5-16-14(11-15)4-6-18(26)23-16/h3,5,11-12H,2,4,6-10,13H2,1H3,(H,23,26)(H2,22,24,25,27). The number of urea groups is 1. The lowest BCUT2D eigenvalue weighted by Gasteiger charge is -2.36.